The molecular weight excluding hydrogens is 292 g/mol. The number of aromatic nitrogens is 3. The number of nitrogens with zero attached hydrogens (tertiary/aromatic N) is 3. The average Bonchev–Trinajstić information content (AvgIpc) is 2.86. The highest BCUT2D eigenvalue weighted by molar-refractivity contribution is 7.91. The third-order valence-corrected chi connectivity index (χ3v) is 5.15. The molecule has 1 aliphatic rings. The standard InChI is InChI=1S/C13H16N4O3S/c1-9-3-2-4-15-12(9)13-16-11(20-17-13)7-10-8-21(18,19)6-5-14-10/h2-4,10,14H,5-8H2,1H3. The fourth-order valence-electron chi connectivity index (χ4n) is 2.36. The number of aryl methyl sites for hydroxylation is 1. The van der Waals surface area contributed by atoms with Crippen molar-refractivity contribution in [1.29, 1.82) is 0 Å². The first-order chi connectivity index (χ1) is 10.0. The van der Waals surface area contributed by atoms with Crippen molar-refractivity contribution in [2.75, 3.05) is 18.1 Å². The SMILES string of the molecule is Cc1cccnc1-c1noc(CC2CS(=O)(=O)CCN2)n1. The molecule has 2 aromatic heterocycles. The summed E-state index contributed by atoms with van der Waals surface area (Å²) in [4.78, 5) is 8.54. The van der Waals surface area contributed by atoms with Crippen LogP contribution in [0.15, 0.2) is 22.9 Å². The summed E-state index contributed by atoms with van der Waals surface area (Å²) in [6.45, 7) is 2.39. The lowest BCUT2D eigenvalue weighted by atomic mass is 10.2. The third kappa shape index (κ3) is 3.27. The summed E-state index contributed by atoms with van der Waals surface area (Å²) in [5.74, 6) is 1.14. The van der Waals surface area contributed by atoms with Gasteiger partial charge in [-0.25, -0.2) is 8.42 Å². The van der Waals surface area contributed by atoms with Crippen LogP contribution in [-0.4, -0.2) is 47.6 Å². The van der Waals surface area contributed by atoms with Gasteiger partial charge in [0.05, 0.1) is 11.5 Å². The second kappa shape index (κ2) is 5.53. The zero-order valence-corrected chi connectivity index (χ0v) is 12.4. The number of hydrogen-bond donors (Lipinski definition) is 1. The normalized spacial score (nSPS) is 21.3. The molecule has 0 radical (unpaired) electrons. The van der Waals surface area contributed by atoms with E-state index < -0.39 is 9.84 Å². The van der Waals surface area contributed by atoms with Crippen LogP contribution in [0.1, 0.15) is 11.5 Å². The van der Waals surface area contributed by atoms with Crippen LogP contribution in [0.2, 0.25) is 0 Å². The van der Waals surface area contributed by atoms with Crippen LogP contribution >= 0.6 is 0 Å². The number of hydrogen-bond acceptors (Lipinski definition) is 7. The highest BCUT2D eigenvalue weighted by Crippen LogP contribution is 2.17. The zero-order chi connectivity index (χ0) is 14.9. The molecule has 8 heteroatoms. The first kappa shape index (κ1) is 14.2. The fraction of sp³-hybridized carbons (Fsp3) is 0.462. The van der Waals surface area contributed by atoms with E-state index in [4.69, 9.17) is 4.52 Å². The van der Waals surface area contributed by atoms with Gasteiger partial charge in [-0.3, -0.25) is 4.98 Å². The topological polar surface area (TPSA) is 98.0 Å². The van der Waals surface area contributed by atoms with Crippen LogP contribution in [0.25, 0.3) is 11.5 Å². The summed E-state index contributed by atoms with van der Waals surface area (Å²) < 4.78 is 28.4. The summed E-state index contributed by atoms with van der Waals surface area (Å²) in [7, 11) is -2.97. The van der Waals surface area contributed by atoms with Gasteiger partial charge in [0, 0.05) is 25.2 Å². The Morgan fingerprint density at radius 3 is 3.10 bits per heavy atom. The van der Waals surface area contributed by atoms with Gasteiger partial charge >= 0.3 is 0 Å². The number of rotatable bonds is 3. The van der Waals surface area contributed by atoms with Gasteiger partial charge in [-0.1, -0.05) is 11.2 Å². The van der Waals surface area contributed by atoms with Crippen molar-refractivity contribution < 1.29 is 12.9 Å². The minimum absolute atomic E-state index is 0.104. The highest BCUT2D eigenvalue weighted by Gasteiger charge is 2.26. The Balaban J connectivity index is 1.75. The molecule has 1 unspecified atom stereocenters. The van der Waals surface area contributed by atoms with Crippen molar-refractivity contribution in [1.82, 2.24) is 20.4 Å². The van der Waals surface area contributed by atoms with E-state index >= 15 is 0 Å². The van der Waals surface area contributed by atoms with Gasteiger partial charge in [0.25, 0.3) is 0 Å². The lowest BCUT2D eigenvalue weighted by Gasteiger charge is -2.21. The Morgan fingerprint density at radius 1 is 1.48 bits per heavy atom. The van der Waals surface area contributed by atoms with Crippen LogP contribution in [0.3, 0.4) is 0 Å². The van der Waals surface area contributed by atoms with E-state index in [9.17, 15) is 8.42 Å². The maximum absolute atomic E-state index is 11.6. The molecule has 1 N–H and O–H groups in total. The molecule has 1 fully saturated rings. The highest BCUT2D eigenvalue weighted by atomic mass is 32.2. The number of sulfone groups is 1. The van der Waals surface area contributed by atoms with Gasteiger partial charge in [0.1, 0.15) is 5.69 Å². The molecule has 0 saturated carbocycles. The van der Waals surface area contributed by atoms with Crippen molar-refractivity contribution in [2.45, 2.75) is 19.4 Å². The van der Waals surface area contributed by atoms with E-state index in [2.05, 4.69) is 20.4 Å². The summed E-state index contributed by atoms with van der Waals surface area (Å²) in [5, 5.41) is 7.08. The molecule has 1 aliphatic heterocycles. The summed E-state index contributed by atoms with van der Waals surface area (Å²) >= 11 is 0. The molecule has 0 aliphatic carbocycles. The Morgan fingerprint density at radius 2 is 2.33 bits per heavy atom. The first-order valence-electron chi connectivity index (χ1n) is 6.72. The van der Waals surface area contributed by atoms with E-state index in [1.807, 2.05) is 19.1 Å². The minimum atomic E-state index is -2.97. The van der Waals surface area contributed by atoms with Gasteiger partial charge in [0.15, 0.2) is 9.84 Å². The predicted molar refractivity (Wildman–Crippen MR) is 76.4 cm³/mol. The van der Waals surface area contributed by atoms with Gasteiger partial charge in [-0.2, -0.15) is 4.98 Å². The largest absolute Gasteiger partial charge is 0.339 e. The molecule has 1 atom stereocenters. The first-order valence-corrected chi connectivity index (χ1v) is 8.54. The predicted octanol–water partition coefficient (Wildman–Crippen LogP) is 0.369. The smallest absolute Gasteiger partial charge is 0.228 e. The second-order valence-corrected chi connectivity index (χ2v) is 7.38. The van der Waals surface area contributed by atoms with E-state index in [1.165, 1.54) is 0 Å². The molecule has 2 aromatic rings. The quantitative estimate of drug-likeness (QED) is 0.874. The molecular formula is C13H16N4O3S. The summed E-state index contributed by atoms with van der Waals surface area (Å²) in [6, 6.07) is 3.59. The van der Waals surface area contributed by atoms with E-state index in [-0.39, 0.29) is 17.5 Å². The van der Waals surface area contributed by atoms with Crippen molar-refractivity contribution in [3.63, 3.8) is 0 Å². The Hall–Kier alpha value is -1.80. The van der Waals surface area contributed by atoms with Gasteiger partial charge in [0.2, 0.25) is 11.7 Å². The Kier molecular flexibility index (Phi) is 3.73. The Bertz CT molecular complexity index is 741. The maximum atomic E-state index is 11.6. The number of pyridine rings is 1. The Labute approximate surface area is 122 Å². The van der Waals surface area contributed by atoms with Gasteiger partial charge < -0.3 is 9.84 Å². The minimum Gasteiger partial charge on any atom is -0.339 e. The maximum Gasteiger partial charge on any atom is 0.228 e. The van der Waals surface area contributed by atoms with E-state index in [0.29, 0.717) is 30.4 Å². The van der Waals surface area contributed by atoms with Crippen molar-refractivity contribution in [3.05, 3.63) is 29.8 Å². The van der Waals surface area contributed by atoms with Crippen LogP contribution in [-0.2, 0) is 16.3 Å². The molecule has 3 heterocycles. The zero-order valence-electron chi connectivity index (χ0n) is 11.6. The van der Waals surface area contributed by atoms with Crippen LogP contribution in [0.4, 0.5) is 0 Å². The molecule has 1 saturated heterocycles. The molecule has 0 spiro atoms. The van der Waals surface area contributed by atoms with Crippen LogP contribution < -0.4 is 5.32 Å². The fourth-order valence-corrected chi connectivity index (χ4v) is 3.81. The van der Waals surface area contributed by atoms with Crippen molar-refractivity contribution in [2.24, 2.45) is 0 Å². The molecule has 0 amide bonds. The molecule has 7 nitrogen and oxygen atoms in total. The summed E-state index contributed by atoms with van der Waals surface area (Å²) in [6.07, 6.45) is 2.08. The van der Waals surface area contributed by atoms with Crippen molar-refractivity contribution >= 4 is 9.84 Å². The monoisotopic (exact) mass is 308 g/mol. The van der Waals surface area contributed by atoms with E-state index in [0.717, 1.165) is 5.56 Å². The molecule has 112 valence electrons. The van der Waals surface area contributed by atoms with Crippen LogP contribution in [0.5, 0.6) is 0 Å². The molecule has 21 heavy (non-hydrogen) atoms. The van der Waals surface area contributed by atoms with E-state index in [1.54, 1.807) is 6.20 Å². The van der Waals surface area contributed by atoms with Gasteiger partial charge in [-0.05, 0) is 18.6 Å². The van der Waals surface area contributed by atoms with Crippen molar-refractivity contribution in [3.8, 4) is 11.5 Å². The lowest BCUT2D eigenvalue weighted by Crippen LogP contribution is -2.46. The van der Waals surface area contributed by atoms with Gasteiger partial charge in [-0.15, -0.1) is 0 Å². The lowest BCUT2D eigenvalue weighted by molar-refractivity contribution is 0.361. The average molecular weight is 308 g/mol. The van der Waals surface area contributed by atoms with Crippen LogP contribution in [0, 0.1) is 6.92 Å². The molecule has 3 rings (SSSR count). The molecule has 0 aromatic carbocycles. The number of nitrogens with one attached hydrogen (secondary N) is 1. The second-order valence-electron chi connectivity index (χ2n) is 5.15. The third-order valence-electron chi connectivity index (χ3n) is 3.41. The molecule has 0 bridgehead atoms. The summed E-state index contributed by atoms with van der Waals surface area (Å²) in [5.41, 5.74) is 1.64.